The average molecular weight is 262 g/mol. The summed E-state index contributed by atoms with van der Waals surface area (Å²) in [4.78, 5) is 11.0. The summed E-state index contributed by atoms with van der Waals surface area (Å²) in [5.74, 6) is -0.638. The monoisotopic (exact) mass is 262 g/mol. The summed E-state index contributed by atoms with van der Waals surface area (Å²) in [6.07, 6.45) is 8.47. The second-order valence-electron chi connectivity index (χ2n) is 5.18. The van der Waals surface area contributed by atoms with E-state index in [9.17, 15) is 13.2 Å². The van der Waals surface area contributed by atoms with E-state index < -0.39 is 21.5 Å². The standard InChI is InChI=1S/C10H14O2.CH4O3S/c1-9-2-5-10(6-3-9,7-4-9)8(11)12;1-5(2,3)4/h2,5H,3-4,6-7H2,1H3,(H,11,12);1H3,(H,2,3,4). The summed E-state index contributed by atoms with van der Waals surface area (Å²) >= 11 is 0. The zero-order valence-corrected chi connectivity index (χ0v) is 10.8. The fraction of sp³-hybridized carbons (Fsp3) is 0.727. The first kappa shape index (κ1) is 14.2. The maximum atomic E-state index is 11.0. The van der Waals surface area contributed by atoms with Crippen molar-refractivity contribution in [2.75, 3.05) is 6.26 Å². The number of carboxylic acids is 1. The second kappa shape index (κ2) is 4.42. The predicted octanol–water partition coefficient (Wildman–Crippen LogP) is 1.71. The van der Waals surface area contributed by atoms with E-state index in [0.717, 1.165) is 25.7 Å². The Balaban J connectivity index is 0.000000249. The fourth-order valence-electron chi connectivity index (χ4n) is 2.25. The highest BCUT2D eigenvalue weighted by Gasteiger charge is 2.46. The first-order valence-electron chi connectivity index (χ1n) is 5.43. The lowest BCUT2D eigenvalue weighted by molar-refractivity contribution is -0.149. The number of hydrogen-bond acceptors (Lipinski definition) is 3. The van der Waals surface area contributed by atoms with Crippen LogP contribution in [0.15, 0.2) is 12.2 Å². The first-order valence-corrected chi connectivity index (χ1v) is 7.28. The number of fused-ring (bicyclic) bond motifs is 2. The number of rotatable bonds is 1. The summed E-state index contributed by atoms with van der Waals surface area (Å²) in [5, 5.41) is 9.05. The smallest absolute Gasteiger partial charge is 0.313 e. The third-order valence-corrected chi connectivity index (χ3v) is 3.52. The topological polar surface area (TPSA) is 91.7 Å². The molecule has 0 unspecified atom stereocenters. The van der Waals surface area contributed by atoms with Crippen LogP contribution in [-0.4, -0.2) is 30.3 Å². The lowest BCUT2D eigenvalue weighted by Crippen LogP contribution is -2.40. The van der Waals surface area contributed by atoms with Crippen molar-refractivity contribution in [3.63, 3.8) is 0 Å². The maximum absolute atomic E-state index is 11.0. The molecule has 3 aliphatic carbocycles. The van der Waals surface area contributed by atoms with Gasteiger partial charge < -0.3 is 5.11 Å². The van der Waals surface area contributed by atoms with E-state index in [1.165, 1.54) is 0 Å². The second-order valence-corrected chi connectivity index (χ2v) is 6.65. The minimum absolute atomic E-state index is 0.303. The van der Waals surface area contributed by atoms with Gasteiger partial charge in [-0.3, -0.25) is 9.35 Å². The molecule has 0 radical (unpaired) electrons. The molecule has 3 aliphatic rings. The normalized spacial score (nSPS) is 35.0. The number of carboxylic acid groups (broad SMARTS) is 1. The van der Waals surface area contributed by atoms with Gasteiger partial charge in [-0.05, 0) is 31.1 Å². The molecule has 5 nitrogen and oxygen atoms in total. The van der Waals surface area contributed by atoms with E-state index in [1.807, 2.05) is 6.08 Å². The van der Waals surface area contributed by atoms with Crippen molar-refractivity contribution >= 4 is 16.1 Å². The molecule has 0 heterocycles. The van der Waals surface area contributed by atoms with E-state index in [1.54, 1.807) is 0 Å². The zero-order chi connectivity index (χ0) is 13.3. The van der Waals surface area contributed by atoms with Crippen molar-refractivity contribution in [2.45, 2.75) is 32.6 Å². The molecule has 98 valence electrons. The molecule has 0 aromatic rings. The predicted molar refractivity (Wildman–Crippen MR) is 63.3 cm³/mol. The van der Waals surface area contributed by atoms with Gasteiger partial charge >= 0.3 is 5.97 Å². The molecule has 0 atom stereocenters. The van der Waals surface area contributed by atoms with Crippen molar-refractivity contribution in [1.29, 1.82) is 0 Å². The third kappa shape index (κ3) is 3.81. The van der Waals surface area contributed by atoms with Gasteiger partial charge in [-0.15, -0.1) is 0 Å². The quantitative estimate of drug-likeness (QED) is 0.554. The first-order chi connectivity index (χ1) is 7.56. The molecule has 0 spiro atoms. The van der Waals surface area contributed by atoms with Crippen LogP contribution < -0.4 is 0 Å². The Morgan fingerprint density at radius 3 is 1.82 bits per heavy atom. The Kier molecular flexibility index (Phi) is 3.69. The molecule has 6 heteroatoms. The van der Waals surface area contributed by atoms with Crippen LogP contribution in [0.3, 0.4) is 0 Å². The highest BCUT2D eigenvalue weighted by atomic mass is 32.2. The number of allylic oxidation sites excluding steroid dienone is 1. The van der Waals surface area contributed by atoms with Gasteiger partial charge in [-0.1, -0.05) is 19.1 Å². The van der Waals surface area contributed by atoms with Gasteiger partial charge in [-0.25, -0.2) is 0 Å². The molecule has 1 saturated carbocycles. The Hall–Kier alpha value is -0.880. The number of hydrogen-bond donors (Lipinski definition) is 2. The van der Waals surface area contributed by atoms with Crippen LogP contribution in [0.1, 0.15) is 32.6 Å². The molecule has 0 aromatic carbocycles. The molecular weight excluding hydrogens is 244 g/mol. The third-order valence-electron chi connectivity index (χ3n) is 3.52. The van der Waals surface area contributed by atoms with E-state index in [-0.39, 0.29) is 0 Å². The molecule has 17 heavy (non-hydrogen) atoms. The maximum Gasteiger partial charge on any atom is 0.313 e. The molecule has 2 N–H and O–H groups in total. The van der Waals surface area contributed by atoms with Crippen molar-refractivity contribution < 1.29 is 22.9 Å². The Morgan fingerprint density at radius 1 is 1.18 bits per heavy atom. The summed E-state index contributed by atoms with van der Waals surface area (Å²) in [7, 11) is -3.67. The van der Waals surface area contributed by atoms with Crippen LogP contribution >= 0.6 is 0 Å². The molecule has 0 amide bonds. The fourth-order valence-corrected chi connectivity index (χ4v) is 2.25. The van der Waals surface area contributed by atoms with E-state index in [2.05, 4.69) is 13.0 Å². The summed E-state index contributed by atoms with van der Waals surface area (Å²) in [6.45, 7) is 2.22. The van der Waals surface area contributed by atoms with E-state index >= 15 is 0 Å². The average Bonchev–Trinajstić information content (AvgIpc) is 2.16. The lowest BCUT2D eigenvalue weighted by Gasteiger charge is -2.44. The van der Waals surface area contributed by atoms with Crippen LogP contribution in [0.5, 0.6) is 0 Å². The number of carbonyl (C=O) groups is 1. The Bertz CT molecular complexity index is 419. The van der Waals surface area contributed by atoms with Gasteiger partial charge in [0, 0.05) is 0 Å². The van der Waals surface area contributed by atoms with Crippen molar-refractivity contribution in [3.05, 3.63) is 12.2 Å². The molecule has 0 saturated heterocycles. The van der Waals surface area contributed by atoms with Gasteiger partial charge in [0.2, 0.25) is 0 Å². The van der Waals surface area contributed by atoms with Crippen LogP contribution in [0, 0.1) is 10.8 Å². The molecule has 0 aromatic heterocycles. The minimum Gasteiger partial charge on any atom is -0.481 e. The highest BCUT2D eigenvalue weighted by molar-refractivity contribution is 7.85. The molecule has 1 fully saturated rings. The van der Waals surface area contributed by atoms with Crippen molar-refractivity contribution in [2.24, 2.45) is 10.8 Å². The van der Waals surface area contributed by atoms with Gasteiger partial charge in [-0.2, -0.15) is 8.42 Å². The largest absolute Gasteiger partial charge is 0.481 e. The van der Waals surface area contributed by atoms with Gasteiger partial charge in [0.05, 0.1) is 11.7 Å². The summed E-state index contributed by atoms with van der Waals surface area (Å²) in [5.41, 5.74) is -0.199. The van der Waals surface area contributed by atoms with Gasteiger partial charge in [0.25, 0.3) is 10.1 Å². The molecule has 2 bridgehead atoms. The summed E-state index contributed by atoms with van der Waals surface area (Å²) in [6, 6.07) is 0. The van der Waals surface area contributed by atoms with E-state index in [0.29, 0.717) is 11.7 Å². The van der Waals surface area contributed by atoms with Crippen LogP contribution in [0.25, 0.3) is 0 Å². The molecule has 3 rings (SSSR count). The Morgan fingerprint density at radius 2 is 1.59 bits per heavy atom. The minimum atomic E-state index is -3.67. The number of aliphatic carboxylic acids is 1. The SMILES string of the molecule is CC12C=CC(C(=O)O)(CC1)CC2.CS(=O)(=O)O. The highest BCUT2D eigenvalue weighted by Crippen LogP contribution is 2.51. The molecular formula is C11H18O5S. The van der Waals surface area contributed by atoms with Crippen molar-refractivity contribution in [3.8, 4) is 0 Å². The van der Waals surface area contributed by atoms with Crippen LogP contribution in [0.4, 0.5) is 0 Å². The lowest BCUT2D eigenvalue weighted by atomic mass is 9.59. The summed E-state index contributed by atoms with van der Waals surface area (Å²) < 4.78 is 25.9. The van der Waals surface area contributed by atoms with Crippen molar-refractivity contribution in [1.82, 2.24) is 0 Å². The van der Waals surface area contributed by atoms with E-state index in [4.69, 9.17) is 9.66 Å². The van der Waals surface area contributed by atoms with Crippen LogP contribution in [-0.2, 0) is 14.9 Å². The van der Waals surface area contributed by atoms with Gasteiger partial charge in [0.1, 0.15) is 0 Å². The van der Waals surface area contributed by atoms with Gasteiger partial charge in [0.15, 0.2) is 0 Å². The zero-order valence-electron chi connectivity index (χ0n) is 10.0. The Labute approximate surface area is 101 Å². The molecule has 0 aliphatic heterocycles. The van der Waals surface area contributed by atoms with Crippen LogP contribution in [0.2, 0.25) is 0 Å².